The van der Waals surface area contributed by atoms with Gasteiger partial charge in [0.1, 0.15) is 0 Å². The van der Waals surface area contributed by atoms with Gasteiger partial charge in [0.2, 0.25) is 0 Å². The molecule has 1 heterocycles. The van der Waals surface area contributed by atoms with Crippen LogP contribution in [-0.2, 0) is 11.3 Å². The maximum Gasteiger partial charge on any atom is 0.319 e. The Kier molecular flexibility index (Phi) is 8.57. The molecule has 3 N–H and O–H groups in total. The van der Waals surface area contributed by atoms with Crippen LogP contribution < -0.4 is 20.9 Å². The highest BCUT2D eigenvalue weighted by Gasteiger charge is 2.24. The second-order valence-corrected chi connectivity index (χ2v) is 7.84. The molecule has 0 radical (unpaired) electrons. The van der Waals surface area contributed by atoms with Gasteiger partial charge in [-0.25, -0.2) is 9.59 Å². The van der Waals surface area contributed by atoms with Crippen molar-refractivity contribution < 1.29 is 14.3 Å². The number of rotatable bonds is 8. The molecule has 8 nitrogen and oxygen atoms in total. The van der Waals surface area contributed by atoms with E-state index in [0.29, 0.717) is 25.3 Å². The average molecular weight is 406 g/mol. The number of amides is 4. The maximum absolute atomic E-state index is 12.8. The van der Waals surface area contributed by atoms with Crippen LogP contribution in [0.15, 0.2) is 18.2 Å². The van der Waals surface area contributed by atoms with Gasteiger partial charge in [-0.05, 0) is 57.4 Å². The van der Waals surface area contributed by atoms with E-state index in [1.54, 1.807) is 4.90 Å². The summed E-state index contributed by atoms with van der Waals surface area (Å²) in [6.45, 7) is 8.04. The first-order valence-corrected chi connectivity index (χ1v) is 10.3. The summed E-state index contributed by atoms with van der Waals surface area (Å²) < 4.78 is 5.76. The van der Waals surface area contributed by atoms with Gasteiger partial charge in [-0.1, -0.05) is 0 Å². The summed E-state index contributed by atoms with van der Waals surface area (Å²) >= 11 is 0. The number of nitrogens with zero attached hydrogens (tertiary/aromatic N) is 2. The zero-order valence-corrected chi connectivity index (χ0v) is 18.2. The van der Waals surface area contributed by atoms with Crippen molar-refractivity contribution in [2.24, 2.45) is 0 Å². The fourth-order valence-electron chi connectivity index (χ4n) is 3.36. The molecule has 162 valence electrons. The average Bonchev–Trinajstić information content (AvgIpc) is 3.14. The van der Waals surface area contributed by atoms with Gasteiger partial charge in [0.15, 0.2) is 0 Å². The van der Waals surface area contributed by atoms with Crippen molar-refractivity contribution in [3.8, 4) is 0 Å². The van der Waals surface area contributed by atoms with Crippen molar-refractivity contribution >= 4 is 23.4 Å². The molecule has 1 saturated heterocycles. The molecule has 1 aliphatic heterocycles. The number of carbonyl (C=O) groups is 2. The van der Waals surface area contributed by atoms with E-state index in [4.69, 9.17) is 4.74 Å². The molecule has 0 spiro atoms. The fraction of sp³-hybridized carbons (Fsp3) is 0.619. The molecule has 1 aromatic rings. The number of benzene rings is 1. The van der Waals surface area contributed by atoms with E-state index in [1.165, 1.54) is 0 Å². The molecule has 0 aliphatic carbocycles. The van der Waals surface area contributed by atoms with E-state index in [2.05, 4.69) is 16.0 Å². The molecule has 29 heavy (non-hydrogen) atoms. The van der Waals surface area contributed by atoms with E-state index in [1.807, 2.05) is 58.0 Å². The predicted molar refractivity (Wildman–Crippen MR) is 117 cm³/mol. The molecule has 8 heteroatoms. The third-order valence-corrected chi connectivity index (χ3v) is 4.67. The molecule has 0 unspecified atom stereocenters. The number of urea groups is 2. The number of nitrogens with one attached hydrogen (secondary N) is 3. The second kappa shape index (κ2) is 10.9. The minimum atomic E-state index is -0.246. The predicted octanol–water partition coefficient (Wildman–Crippen LogP) is 2.99. The van der Waals surface area contributed by atoms with Gasteiger partial charge in [-0.15, -0.1) is 0 Å². The summed E-state index contributed by atoms with van der Waals surface area (Å²) in [5.41, 5.74) is 2.65. The zero-order chi connectivity index (χ0) is 21.4. The Morgan fingerprint density at radius 1 is 1.28 bits per heavy atom. The normalized spacial score (nSPS) is 15.9. The number of ether oxygens (including phenoxy) is 1. The van der Waals surface area contributed by atoms with Crippen molar-refractivity contribution in [1.29, 1.82) is 0 Å². The Hall–Kier alpha value is -2.48. The second-order valence-electron chi connectivity index (χ2n) is 7.84. The molecular formula is C21H35N5O3. The highest BCUT2D eigenvalue weighted by molar-refractivity contribution is 5.89. The lowest BCUT2D eigenvalue weighted by molar-refractivity contribution is 0.0791. The van der Waals surface area contributed by atoms with Crippen LogP contribution in [0.3, 0.4) is 0 Å². The quantitative estimate of drug-likeness (QED) is 0.621. The number of anilines is 2. The van der Waals surface area contributed by atoms with E-state index in [9.17, 15) is 9.59 Å². The van der Waals surface area contributed by atoms with E-state index >= 15 is 0 Å². The van der Waals surface area contributed by atoms with Gasteiger partial charge in [-0.2, -0.15) is 0 Å². The maximum atomic E-state index is 12.8. The van der Waals surface area contributed by atoms with Gasteiger partial charge in [-0.3, -0.25) is 0 Å². The van der Waals surface area contributed by atoms with Crippen LogP contribution in [0.4, 0.5) is 21.0 Å². The van der Waals surface area contributed by atoms with Crippen molar-refractivity contribution in [2.45, 2.75) is 52.3 Å². The van der Waals surface area contributed by atoms with Crippen LogP contribution in [-0.4, -0.2) is 62.9 Å². The standard InChI is InChI=1S/C21H35N5O3/c1-6-22-20(27)24-17-9-10-19(25(4)5)16(12-17)13-26(21(28)23-15(2)3)14-18-8-7-11-29-18/h9-10,12,15,18H,6-8,11,13-14H2,1-5H3,(H,23,28)(H2,22,24,27)/t18-/m0/s1. The molecule has 0 saturated carbocycles. The smallest absolute Gasteiger partial charge is 0.319 e. The lowest BCUT2D eigenvalue weighted by Gasteiger charge is -2.29. The Morgan fingerprint density at radius 3 is 2.62 bits per heavy atom. The Labute approximate surface area is 174 Å². The van der Waals surface area contributed by atoms with Gasteiger partial charge >= 0.3 is 12.1 Å². The number of hydrogen-bond acceptors (Lipinski definition) is 4. The molecule has 0 aromatic heterocycles. The third kappa shape index (κ3) is 7.12. The minimum Gasteiger partial charge on any atom is -0.377 e. The van der Waals surface area contributed by atoms with Crippen molar-refractivity contribution in [3.05, 3.63) is 23.8 Å². The van der Waals surface area contributed by atoms with Crippen molar-refractivity contribution in [1.82, 2.24) is 15.5 Å². The first-order chi connectivity index (χ1) is 13.8. The third-order valence-electron chi connectivity index (χ3n) is 4.67. The Bertz CT molecular complexity index is 687. The lowest BCUT2D eigenvalue weighted by atomic mass is 10.1. The first kappa shape index (κ1) is 22.8. The van der Waals surface area contributed by atoms with Crippen LogP contribution in [0.25, 0.3) is 0 Å². The lowest BCUT2D eigenvalue weighted by Crippen LogP contribution is -2.45. The van der Waals surface area contributed by atoms with Crippen LogP contribution in [0.1, 0.15) is 39.2 Å². The van der Waals surface area contributed by atoms with Gasteiger partial charge in [0.25, 0.3) is 0 Å². The summed E-state index contributed by atoms with van der Waals surface area (Å²) in [7, 11) is 3.93. The molecule has 4 amide bonds. The van der Waals surface area contributed by atoms with Gasteiger partial charge in [0.05, 0.1) is 6.10 Å². The van der Waals surface area contributed by atoms with Crippen molar-refractivity contribution in [2.75, 3.05) is 44.0 Å². The molecular weight excluding hydrogens is 370 g/mol. The first-order valence-electron chi connectivity index (χ1n) is 10.3. The van der Waals surface area contributed by atoms with Crippen molar-refractivity contribution in [3.63, 3.8) is 0 Å². The van der Waals surface area contributed by atoms with Crippen LogP contribution in [0.5, 0.6) is 0 Å². The summed E-state index contributed by atoms with van der Waals surface area (Å²) in [5.74, 6) is 0. The Morgan fingerprint density at radius 2 is 2.03 bits per heavy atom. The molecule has 1 fully saturated rings. The summed E-state index contributed by atoms with van der Waals surface area (Å²) in [5, 5.41) is 8.56. The van der Waals surface area contributed by atoms with E-state index in [0.717, 1.165) is 30.7 Å². The summed E-state index contributed by atoms with van der Waals surface area (Å²) in [4.78, 5) is 28.6. The van der Waals surface area contributed by atoms with Gasteiger partial charge in [0, 0.05) is 57.8 Å². The molecule has 0 bridgehead atoms. The van der Waals surface area contributed by atoms with Gasteiger partial charge < -0.3 is 30.5 Å². The van der Waals surface area contributed by atoms with E-state index < -0.39 is 0 Å². The molecule has 2 rings (SSSR count). The molecule has 1 aliphatic rings. The van der Waals surface area contributed by atoms with Crippen LogP contribution in [0, 0.1) is 0 Å². The summed E-state index contributed by atoms with van der Waals surface area (Å²) in [6, 6.07) is 5.45. The zero-order valence-electron chi connectivity index (χ0n) is 18.2. The SMILES string of the molecule is CCNC(=O)Nc1ccc(N(C)C)c(CN(C[C@@H]2CCCO2)C(=O)NC(C)C)c1. The fourth-order valence-corrected chi connectivity index (χ4v) is 3.36. The minimum absolute atomic E-state index is 0.0496. The number of carbonyl (C=O) groups excluding carboxylic acids is 2. The largest absolute Gasteiger partial charge is 0.377 e. The topological polar surface area (TPSA) is 85.9 Å². The monoisotopic (exact) mass is 405 g/mol. The summed E-state index contributed by atoms with van der Waals surface area (Å²) in [6.07, 6.45) is 2.05. The van der Waals surface area contributed by atoms with E-state index in [-0.39, 0.29) is 24.2 Å². The molecule has 1 atom stereocenters. The highest BCUT2D eigenvalue weighted by Crippen LogP contribution is 2.25. The molecule has 1 aromatic carbocycles. The van der Waals surface area contributed by atoms with Crippen LogP contribution in [0.2, 0.25) is 0 Å². The number of hydrogen-bond donors (Lipinski definition) is 3. The van der Waals surface area contributed by atoms with Crippen LogP contribution >= 0.6 is 0 Å². The Balaban J connectivity index is 2.25. The highest BCUT2D eigenvalue weighted by atomic mass is 16.5.